The largest absolute Gasteiger partial charge is 0.431 e. The topological polar surface area (TPSA) is 39.2 Å². The highest BCUT2D eigenvalue weighted by molar-refractivity contribution is 5.90. The monoisotopic (exact) mass is 257 g/mol. The van der Waals surface area contributed by atoms with Gasteiger partial charge < -0.3 is 4.74 Å². The highest BCUT2D eigenvalue weighted by Crippen LogP contribution is 2.14. The van der Waals surface area contributed by atoms with E-state index >= 15 is 0 Å². The number of ether oxygens (including phenoxy) is 1. The van der Waals surface area contributed by atoms with Crippen LogP contribution in [-0.4, -0.2) is 11.0 Å². The lowest BCUT2D eigenvalue weighted by Crippen LogP contribution is -2.00. The molecule has 0 bridgehead atoms. The molecule has 1 heterocycles. The molecule has 0 fully saturated rings. The maximum absolute atomic E-state index is 12.8. The summed E-state index contributed by atoms with van der Waals surface area (Å²) in [6.45, 7) is 1.78. The Balaban J connectivity index is 2.06. The van der Waals surface area contributed by atoms with Crippen LogP contribution >= 0.6 is 0 Å². The Morgan fingerprint density at radius 3 is 2.37 bits per heavy atom. The Kier molecular flexibility index (Phi) is 4.03. The SMILES string of the molecule is C/C(=C\OC(=O)c1ccncc1)c1ccc(F)cc1. The molecule has 1 aromatic heterocycles. The summed E-state index contributed by atoms with van der Waals surface area (Å²) in [7, 11) is 0. The summed E-state index contributed by atoms with van der Waals surface area (Å²) in [4.78, 5) is 15.5. The van der Waals surface area contributed by atoms with Crippen molar-refractivity contribution in [2.75, 3.05) is 0 Å². The van der Waals surface area contributed by atoms with Crippen molar-refractivity contribution in [2.45, 2.75) is 6.92 Å². The molecule has 0 atom stereocenters. The van der Waals surface area contributed by atoms with Crippen LogP contribution in [0.3, 0.4) is 0 Å². The van der Waals surface area contributed by atoms with Crippen molar-refractivity contribution >= 4 is 11.5 Å². The molecule has 2 rings (SSSR count). The van der Waals surface area contributed by atoms with E-state index in [-0.39, 0.29) is 5.82 Å². The normalized spacial score (nSPS) is 11.2. The maximum atomic E-state index is 12.8. The van der Waals surface area contributed by atoms with Gasteiger partial charge in [-0.15, -0.1) is 0 Å². The first-order valence-electron chi connectivity index (χ1n) is 5.70. The van der Waals surface area contributed by atoms with Gasteiger partial charge in [-0.05, 0) is 42.3 Å². The van der Waals surface area contributed by atoms with Crippen molar-refractivity contribution in [3.05, 3.63) is 72.0 Å². The number of benzene rings is 1. The molecule has 0 saturated carbocycles. The van der Waals surface area contributed by atoms with E-state index in [1.54, 1.807) is 31.2 Å². The Bertz CT molecular complexity index is 591. The van der Waals surface area contributed by atoms with Crippen molar-refractivity contribution in [1.29, 1.82) is 0 Å². The lowest BCUT2D eigenvalue weighted by Gasteiger charge is -2.03. The van der Waals surface area contributed by atoms with Crippen LogP contribution in [0.25, 0.3) is 5.57 Å². The molecule has 0 N–H and O–H groups in total. The summed E-state index contributed by atoms with van der Waals surface area (Å²) in [5, 5.41) is 0. The van der Waals surface area contributed by atoms with Crippen LogP contribution in [0.2, 0.25) is 0 Å². The predicted molar refractivity (Wildman–Crippen MR) is 69.7 cm³/mol. The molecule has 3 nitrogen and oxygen atoms in total. The Morgan fingerprint density at radius 1 is 1.11 bits per heavy atom. The Labute approximate surface area is 110 Å². The number of allylic oxidation sites excluding steroid dienone is 1. The zero-order valence-electron chi connectivity index (χ0n) is 10.3. The highest BCUT2D eigenvalue weighted by Gasteiger charge is 2.05. The van der Waals surface area contributed by atoms with E-state index in [1.165, 1.54) is 30.8 Å². The zero-order valence-corrected chi connectivity index (χ0v) is 10.3. The van der Waals surface area contributed by atoms with E-state index in [9.17, 15) is 9.18 Å². The molecule has 0 unspecified atom stereocenters. The Hall–Kier alpha value is -2.49. The van der Waals surface area contributed by atoms with Crippen LogP contribution in [-0.2, 0) is 4.74 Å². The summed E-state index contributed by atoms with van der Waals surface area (Å²) < 4.78 is 17.8. The van der Waals surface area contributed by atoms with Gasteiger partial charge in [0.25, 0.3) is 0 Å². The molecular weight excluding hydrogens is 245 g/mol. The van der Waals surface area contributed by atoms with Crippen molar-refractivity contribution in [3.63, 3.8) is 0 Å². The molecule has 0 amide bonds. The number of pyridine rings is 1. The minimum absolute atomic E-state index is 0.301. The summed E-state index contributed by atoms with van der Waals surface area (Å²) in [6.07, 6.45) is 4.40. The number of aromatic nitrogens is 1. The van der Waals surface area contributed by atoms with Gasteiger partial charge in [0, 0.05) is 12.4 Å². The zero-order chi connectivity index (χ0) is 13.7. The van der Waals surface area contributed by atoms with Gasteiger partial charge in [0.2, 0.25) is 0 Å². The molecule has 1 aromatic carbocycles. The first-order valence-corrected chi connectivity index (χ1v) is 5.70. The van der Waals surface area contributed by atoms with Gasteiger partial charge in [0.15, 0.2) is 0 Å². The van der Waals surface area contributed by atoms with Crippen LogP contribution in [0.4, 0.5) is 4.39 Å². The molecule has 0 spiro atoms. The molecule has 2 aromatic rings. The second-order valence-corrected chi connectivity index (χ2v) is 3.95. The van der Waals surface area contributed by atoms with Gasteiger partial charge in [0.1, 0.15) is 5.82 Å². The first kappa shape index (κ1) is 13.0. The molecule has 19 heavy (non-hydrogen) atoms. The summed E-state index contributed by atoms with van der Waals surface area (Å²) in [5.41, 5.74) is 1.96. The number of esters is 1. The molecule has 0 saturated heterocycles. The van der Waals surface area contributed by atoms with E-state index < -0.39 is 5.97 Å². The fraction of sp³-hybridized carbons (Fsp3) is 0.0667. The quantitative estimate of drug-likeness (QED) is 0.624. The standard InChI is InChI=1S/C15H12FNO2/c1-11(12-2-4-14(16)5-3-12)10-19-15(18)13-6-8-17-9-7-13/h2-10H,1H3/b11-10+. The average Bonchev–Trinajstić information content (AvgIpc) is 2.46. The van der Waals surface area contributed by atoms with Crippen LogP contribution in [0, 0.1) is 5.82 Å². The second kappa shape index (κ2) is 5.91. The van der Waals surface area contributed by atoms with E-state index in [1.807, 2.05) is 0 Å². The number of rotatable bonds is 3. The number of halogens is 1. The van der Waals surface area contributed by atoms with Crippen LogP contribution in [0.5, 0.6) is 0 Å². The highest BCUT2D eigenvalue weighted by atomic mass is 19.1. The van der Waals surface area contributed by atoms with E-state index in [0.29, 0.717) is 5.56 Å². The third kappa shape index (κ3) is 3.48. The van der Waals surface area contributed by atoms with Crippen molar-refractivity contribution in [1.82, 2.24) is 4.98 Å². The number of hydrogen-bond acceptors (Lipinski definition) is 3. The van der Waals surface area contributed by atoms with Gasteiger partial charge >= 0.3 is 5.97 Å². The van der Waals surface area contributed by atoms with Crippen molar-refractivity contribution < 1.29 is 13.9 Å². The van der Waals surface area contributed by atoms with Crippen molar-refractivity contribution in [3.8, 4) is 0 Å². The molecular formula is C15H12FNO2. The molecule has 0 aliphatic heterocycles. The smallest absolute Gasteiger partial charge is 0.343 e. The second-order valence-electron chi connectivity index (χ2n) is 3.95. The Morgan fingerprint density at radius 2 is 1.74 bits per heavy atom. The van der Waals surface area contributed by atoms with Gasteiger partial charge in [-0.1, -0.05) is 12.1 Å². The lowest BCUT2D eigenvalue weighted by atomic mass is 10.1. The van der Waals surface area contributed by atoms with Crippen LogP contribution in [0.1, 0.15) is 22.8 Å². The van der Waals surface area contributed by atoms with E-state index in [0.717, 1.165) is 11.1 Å². The molecule has 0 radical (unpaired) electrons. The first-order chi connectivity index (χ1) is 9.16. The van der Waals surface area contributed by atoms with Gasteiger partial charge in [-0.25, -0.2) is 9.18 Å². The molecule has 4 heteroatoms. The van der Waals surface area contributed by atoms with Crippen LogP contribution < -0.4 is 0 Å². The molecule has 0 aliphatic rings. The van der Waals surface area contributed by atoms with Gasteiger partial charge in [0.05, 0.1) is 11.8 Å². The molecule has 0 aliphatic carbocycles. The fourth-order valence-electron chi connectivity index (χ4n) is 1.48. The third-order valence-electron chi connectivity index (χ3n) is 2.56. The van der Waals surface area contributed by atoms with Crippen LogP contribution in [0.15, 0.2) is 55.1 Å². The summed E-state index contributed by atoms with van der Waals surface area (Å²) in [6, 6.07) is 9.12. The van der Waals surface area contributed by atoms with E-state index in [2.05, 4.69) is 4.98 Å². The fourth-order valence-corrected chi connectivity index (χ4v) is 1.48. The minimum atomic E-state index is -0.455. The molecule has 96 valence electrons. The van der Waals surface area contributed by atoms with Gasteiger partial charge in [-0.2, -0.15) is 0 Å². The van der Waals surface area contributed by atoms with E-state index in [4.69, 9.17) is 4.74 Å². The average molecular weight is 257 g/mol. The summed E-state index contributed by atoms with van der Waals surface area (Å²) in [5.74, 6) is -0.755. The minimum Gasteiger partial charge on any atom is -0.431 e. The van der Waals surface area contributed by atoms with Crippen molar-refractivity contribution in [2.24, 2.45) is 0 Å². The lowest BCUT2D eigenvalue weighted by molar-refractivity contribution is 0.0664. The number of hydrogen-bond donors (Lipinski definition) is 0. The maximum Gasteiger partial charge on any atom is 0.343 e. The number of nitrogens with zero attached hydrogens (tertiary/aromatic N) is 1. The number of carbonyl (C=O) groups is 1. The summed E-state index contributed by atoms with van der Waals surface area (Å²) >= 11 is 0. The third-order valence-corrected chi connectivity index (χ3v) is 2.56. The van der Waals surface area contributed by atoms with Gasteiger partial charge in [-0.3, -0.25) is 4.98 Å². The predicted octanol–water partition coefficient (Wildman–Crippen LogP) is 3.44. The number of carbonyl (C=O) groups excluding carboxylic acids is 1.